The number of carbonyl (C=O) groups is 1. The fraction of sp³-hybridized carbons (Fsp3) is 0.188. The molecule has 2 aromatic rings. The lowest BCUT2D eigenvalue weighted by Gasteiger charge is -2.16. The second-order valence-corrected chi connectivity index (χ2v) is 5.44. The van der Waals surface area contributed by atoms with E-state index in [4.69, 9.17) is 4.74 Å². The zero-order chi connectivity index (χ0) is 14.5. The van der Waals surface area contributed by atoms with Crippen molar-refractivity contribution in [3.8, 4) is 5.75 Å². The van der Waals surface area contributed by atoms with Crippen molar-refractivity contribution >= 4 is 27.5 Å². The molecular formula is C16H16BrNO2. The maximum Gasteiger partial charge on any atom is 0.265 e. The average Bonchev–Trinajstić information content (AvgIpc) is 2.43. The van der Waals surface area contributed by atoms with Gasteiger partial charge in [-0.3, -0.25) is 4.79 Å². The lowest BCUT2D eigenvalue weighted by Crippen LogP contribution is -2.30. The van der Waals surface area contributed by atoms with E-state index in [1.54, 1.807) is 6.92 Å². The first-order valence-electron chi connectivity index (χ1n) is 6.35. The number of aryl methyl sites for hydroxylation is 1. The molecule has 2 rings (SSSR count). The van der Waals surface area contributed by atoms with Gasteiger partial charge in [-0.15, -0.1) is 0 Å². The molecule has 0 bridgehead atoms. The van der Waals surface area contributed by atoms with Crippen molar-refractivity contribution in [2.45, 2.75) is 20.0 Å². The maximum absolute atomic E-state index is 12.0. The normalized spacial score (nSPS) is 11.8. The number of ether oxygens (including phenoxy) is 1. The third kappa shape index (κ3) is 3.84. The topological polar surface area (TPSA) is 38.3 Å². The van der Waals surface area contributed by atoms with Crippen LogP contribution < -0.4 is 10.1 Å². The first kappa shape index (κ1) is 14.6. The lowest BCUT2D eigenvalue weighted by atomic mass is 10.2. The molecule has 0 aliphatic heterocycles. The standard InChI is InChI=1S/C16H16BrNO2/c1-11-10-13(17)8-9-15(11)20-12(2)16(19)18-14-6-4-3-5-7-14/h3-10,12H,1-2H3,(H,18,19). The van der Waals surface area contributed by atoms with Gasteiger partial charge in [-0.05, 0) is 49.7 Å². The van der Waals surface area contributed by atoms with Crippen molar-refractivity contribution in [2.24, 2.45) is 0 Å². The van der Waals surface area contributed by atoms with Crippen LogP contribution in [0.25, 0.3) is 0 Å². The minimum absolute atomic E-state index is 0.168. The number of anilines is 1. The molecule has 104 valence electrons. The summed E-state index contributed by atoms with van der Waals surface area (Å²) < 4.78 is 6.69. The van der Waals surface area contributed by atoms with Gasteiger partial charge in [-0.1, -0.05) is 34.1 Å². The number of nitrogens with one attached hydrogen (secondary N) is 1. The molecular weight excluding hydrogens is 318 g/mol. The molecule has 1 unspecified atom stereocenters. The van der Waals surface area contributed by atoms with Gasteiger partial charge in [-0.2, -0.15) is 0 Å². The molecule has 0 aliphatic rings. The van der Waals surface area contributed by atoms with E-state index in [2.05, 4.69) is 21.2 Å². The van der Waals surface area contributed by atoms with Crippen molar-refractivity contribution in [1.82, 2.24) is 0 Å². The first-order chi connectivity index (χ1) is 9.56. The monoisotopic (exact) mass is 333 g/mol. The Labute approximate surface area is 127 Å². The van der Waals surface area contributed by atoms with Gasteiger partial charge in [0, 0.05) is 10.2 Å². The molecule has 0 saturated heterocycles. The summed E-state index contributed by atoms with van der Waals surface area (Å²) in [5.41, 5.74) is 1.75. The average molecular weight is 334 g/mol. The minimum atomic E-state index is -0.560. The van der Waals surface area contributed by atoms with Crippen molar-refractivity contribution in [2.75, 3.05) is 5.32 Å². The number of hydrogen-bond acceptors (Lipinski definition) is 2. The molecule has 0 saturated carbocycles. The van der Waals surface area contributed by atoms with Crippen LogP contribution in [0.2, 0.25) is 0 Å². The SMILES string of the molecule is Cc1cc(Br)ccc1OC(C)C(=O)Nc1ccccc1. The number of rotatable bonds is 4. The highest BCUT2D eigenvalue weighted by molar-refractivity contribution is 9.10. The molecule has 0 radical (unpaired) electrons. The Morgan fingerprint density at radius 3 is 2.55 bits per heavy atom. The number of halogens is 1. The van der Waals surface area contributed by atoms with Gasteiger partial charge in [-0.25, -0.2) is 0 Å². The van der Waals surface area contributed by atoms with Crippen LogP contribution in [0.3, 0.4) is 0 Å². The molecule has 4 heteroatoms. The largest absolute Gasteiger partial charge is 0.481 e. The first-order valence-corrected chi connectivity index (χ1v) is 7.14. The van der Waals surface area contributed by atoms with E-state index in [9.17, 15) is 4.79 Å². The molecule has 1 amide bonds. The number of amides is 1. The van der Waals surface area contributed by atoms with Crippen LogP contribution in [0, 0.1) is 6.92 Å². The van der Waals surface area contributed by atoms with Crippen LogP contribution in [-0.4, -0.2) is 12.0 Å². The smallest absolute Gasteiger partial charge is 0.265 e. The summed E-state index contributed by atoms with van der Waals surface area (Å²) in [6, 6.07) is 15.0. The van der Waals surface area contributed by atoms with Gasteiger partial charge in [0.05, 0.1) is 0 Å². The summed E-state index contributed by atoms with van der Waals surface area (Å²) in [5.74, 6) is 0.544. The molecule has 0 spiro atoms. The van der Waals surface area contributed by atoms with Crippen molar-refractivity contribution in [3.05, 3.63) is 58.6 Å². The summed E-state index contributed by atoms with van der Waals surface area (Å²) >= 11 is 3.40. The number of carbonyl (C=O) groups excluding carboxylic acids is 1. The van der Waals surface area contributed by atoms with E-state index in [1.165, 1.54) is 0 Å². The maximum atomic E-state index is 12.0. The van der Waals surface area contributed by atoms with Crippen molar-refractivity contribution < 1.29 is 9.53 Å². The van der Waals surface area contributed by atoms with Crippen molar-refractivity contribution in [3.63, 3.8) is 0 Å². The summed E-state index contributed by atoms with van der Waals surface area (Å²) in [7, 11) is 0. The Bertz CT molecular complexity index is 599. The summed E-state index contributed by atoms with van der Waals surface area (Å²) in [5, 5.41) is 2.82. The summed E-state index contributed by atoms with van der Waals surface area (Å²) in [6.45, 7) is 3.68. The molecule has 0 aromatic heterocycles. The van der Waals surface area contributed by atoms with Gasteiger partial charge < -0.3 is 10.1 Å². The third-order valence-corrected chi connectivity index (χ3v) is 3.34. The van der Waals surface area contributed by atoms with Gasteiger partial charge in [0.2, 0.25) is 0 Å². The molecule has 0 heterocycles. The van der Waals surface area contributed by atoms with Crippen LogP contribution in [-0.2, 0) is 4.79 Å². The molecule has 1 N–H and O–H groups in total. The predicted octanol–water partition coefficient (Wildman–Crippen LogP) is 4.16. The quantitative estimate of drug-likeness (QED) is 0.912. The fourth-order valence-electron chi connectivity index (χ4n) is 1.75. The molecule has 0 fully saturated rings. The Morgan fingerprint density at radius 2 is 1.90 bits per heavy atom. The summed E-state index contributed by atoms with van der Waals surface area (Å²) in [4.78, 5) is 12.0. The van der Waals surface area contributed by atoms with Crippen LogP contribution in [0.4, 0.5) is 5.69 Å². The summed E-state index contributed by atoms with van der Waals surface area (Å²) in [6.07, 6.45) is -0.560. The van der Waals surface area contributed by atoms with Gasteiger partial charge in [0.15, 0.2) is 6.10 Å². The number of para-hydroxylation sites is 1. The highest BCUT2D eigenvalue weighted by Gasteiger charge is 2.15. The molecule has 1 atom stereocenters. The second-order valence-electron chi connectivity index (χ2n) is 4.53. The Hall–Kier alpha value is -1.81. The van der Waals surface area contributed by atoms with Crippen LogP contribution in [0.5, 0.6) is 5.75 Å². The number of benzene rings is 2. The van der Waals surface area contributed by atoms with E-state index < -0.39 is 6.10 Å². The lowest BCUT2D eigenvalue weighted by molar-refractivity contribution is -0.122. The highest BCUT2D eigenvalue weighted by Crippen LogP contribution is 2.23. The van der Waals surface area contributed by atoms with Gasteiger partial charge in [0.1, 0.15) is 5.75 Å². The Morgan fingerprint density at radius 1 is 1.20 bits per heavy atom. The van der Waals surface area contributed by atoms with E-state index in [0.29, 0.717) is 5.75 Å². The third-order valence-electron chi connectivity index (χ3n) is 2.85. The zero-order valence-corrected chi connectivity index (χ0v) is 13.0. The molecule has 3 nitrogen and oxygen atoms in total. The van der Waals surface area contributed by atoms with Crippen molar-refractivity contribution in [1.29, 1.82) is 0 Å². The van der Waals surface area contributed by atoms with E-state index in [-0.39, 0.29) is 5.91 Å². The van der Waals surface area contributed by atoms with Crippen LogP contribution in [0.15, 0.2) is 53.0 Å². The van der Waals surface area contributed by atoms with E-state index in [1.807, 2.05) is 55.5 Å². The minimum Gasteiger partial charge on any atom is -0.481 e. The molecule has 20 heavy (non-hydrogen) atoms. The Balaban J connectivity index is 2.00. The van der Waals surface area contributed by atoms with Gasteiger partial charge >= 0.3 is 0 Å². The number of hydrogen-bond donors (Lipinski definition) is 1. The highest BCUT2D eigenvalue weighted by atomic mass is 79.9. The molecule has 0 aliphatic carbocycles. The predicted molar refractivity (Wildman–Crippen MR) is 84.0 cm³/mol. The Kier molecular flexibility index (Phi) is 4.79. The molecule has 2 aromatic carbocycles. The van der Waals surface area contributed by atoms with E-state index in [0.717, 1.165) is 15.7 Å². The van der Waals surface area contributed by atoms with E-state index >= 15 is 0 Å². The zero-order valence-electron chi connectivity index (χ0n) is 11.4. The van der Waals surface area contributed by atoms with Crippen LogP contribution >= 0.6 is 15.9 Å². The fourth-order valence-corrected chi connectivity index (χ4v) is 2.23. The van der Waals surface area contributed by atoms with Crippen LogP contribution in [0.1, 0.15) is 12.5 Å². The second kappa shape index (κ2) is 6.57. The van der Waals surface area contributed by atoms with Gasteiger partial charge in [0.25, 0.3) is 5.91 Å².